The Morgan fingerprint density at radius 3 is 1.36 bits per heavy atom. The van der Waals surface area contributed by atoms with Gasteiger partial charge in [-0.2, -0.15) is 0 Å². The molecule has 0 fully saturated rings. The first-order valence-electron chi connectivity index (χ1n) is 6.54. The Kier molecular flexibility index (Phi) is 8.05. The number of benzene rings is 2. The van der Waals surface area contributed by atoms with Gasteiger partial charge in [0.25, 0.3) is 0 Å². The van der Waals surface area contributed by atoms with Gasteiger partial charge in [-0.15, -0.1) is 39.7 Å². The summed E-state index contributed by atoms with van der Waals surface area (Å²) < 4.78 is 0. The van der Waals surface area contributed by atoms with Gasteiger partial charge in [0, 0.05) is 39.6 Å². The molecule has 3 rings (SSSR count). The Balaban J connectivity index is 0.00000147. The van der Waals surface area contributed by atoms with E-state index in [1.807, 2.05) is 0 Å². The fraction of sp³-hybridized carbons (Fsp3) is 0.235. The average Bonchev–Trinajstić information content (AvgIpc) is 2.75. The van der Waals surface area contributed by atoms with Crippen molar-refractivity contribution >= 4 is 32.9 Å². The molecule has 0 amide bonds. The van der Waals surface area contributed by atoms with Crippen LogP contribution in [0.1, 0.15) is 0 Å². The second-order valence-electron chi connectivity index (χ2n) is 5.48. The van der Waals surface area contributed by atoms with E-state index >= 15 is 0 Å². The first kappa shape index (κ1) is 21.4. The van der Waals surface area contributed by atoms with Crippen molar-refractivity contribution in [1.29, 1.82) is 0 Å². The average molecular weight is 413 g/mol. The minimum absolute atomic E-state index is 0. The summed E-state index contributed by atoms with van der Waals surface area (Å²) in [5, 5.41) is 5.31. The molecule has 2 nitrogen and oxygen atoms in total. The fourth-order valence-corrected chi connectivity index (χ4v) is 2.53. The molecule has 0 heterocycles. The van der Waals surface area contributed by atoms with Crippen LogP contribution in [0.3, 0.4) is 0 Å². The van der Waals surface area contributed by atoms with Crippen LogP contribution >= 0.6 is 0 Å². The minimum atomic E-state index is 0. The zero-order chi connectivity index (χ0) is 13.6. The predicted octanol–water partition coefficient (Wildman–Crippen LogP) is -2.15. The Bertz CT molecular complexity index is 689. The van der Waals surface area contributed by atoms with Gasteiger partial charge in [0.2, 0.25) is 0 Å². The Labute approximate surface area is 163 Å². The van der Waals surface area contributed by atoms with E-state index in [-0.39, 0.29) is 51.0 Å². The van der Waals surface area contributed by atoms with Gasteiger partial charge in [0.05, 0.1) is 0 Å². The molecule has 3 aromatic carbocycles. The van der Waals surface area contributed by atoms with Gasteiger partial charge in [0.15, 0.2) is 0 Å². The molecule has 0 aromatic heterocycles. The quantitative estimate of drug-likeness (QED) is 0.442. The molecule has 0 aliphatic carbocycles. The third-order valence-corrected chi connectivity index (χ3v) is 3.71. The second kappa shape index (κ2) is 8.29. The summed E-state index contributed by atoms with van der Waals surface area (Å²) >= 11 is 0. The molecule has 0 saturated carbocycles. The van der Waals surface area contributed by atoms with Gasteiger partial charge in [-0.05, 0) is 0 Å². The SMILES string of the molecule is CN(C)c1ccc2[cH-]c3ccc(N(C)C)cc3c2c1.[Cl-].[Cl-].[Zr+3]. The maximum absolute atomic E-state index is 2.27. The van der Waals surface area contributed by atoms with Gasteiger partial charge in [-0.1, -0.05) is 24.3 Å². The number of hydrogen-bond acceptors (Lipinski definition) is 2. The van der Waals surface area contributed by atoms with E-state index < -0.39 is 0 Å². The Hall–Kier alpha value is -0.627. The summed E-state index contributed by atoms with van der Waals surface area (Å²) in [6, 6.07) is 15.6. The summed E-state index contributed by atoms with van der Waals surface area (Å²) in [5.41, 5.74) is 2.49. The van der Waals surface area contributed by atoms with Gasteiger partial charge < -0.3 is 34.6 Å². The molecule has 115 valence electrons. The molecule has 1 radical (unpaired) electrons. The summed E-state index contributed by atoms with van der Waals surface area (Å²) in [5.74, 6) is 0. The van der Waals surface area contributed by atoms with Gasteiger partial charge in [-0.25, -0.2) is 0 Å². The van der Waals surface area contributed by atoms with Gasteiger partial charge >= 0.3 is 26.2 Å². The van der Waals surface area contributed by atoms with Crippen LogP contribution in [0.25, 0.3) is 21.5 Å². The van der Waals surface area contributed by atoms with Crippen molar-refractivity contribution in [3.63, 3.8) is 0 Å². The van der Waals surface area contributed by atoms with E-state index in [1.54, 1.807) is 0 Å². The molecular weight excluding hydrogens is 394 g/mol. The smallest absolute Gasteiger partial charge is 1.00 e. The van der Waals surface area contributed by atoms with Crippen molar-refractivity contribution in [2.75, 3.05) is 38.0 Å². The molecule has 0 aliphatic rings. The number of halogens is 2. The first-order valence-corrected chi connectivity index (χ1v) is 6.54. The third kappa shape index (κ3) is 3.82. The number of hydrogen-bond donors (Lipinski definition) is 0. The summed E-state index contributed by atoms with van der Waals surface area (Å²) in [7, 11) is 8.32. The van der Waals surface area contributed by atoms with Crippen molar-refractivity contribution in [1.82, 2.24) is 0 Å². The summed E-state index contributed by atoms with van der Waals surface area (Å²) in [6.07, 6.45) is 0. The summed E-state index contributed by atoms with van der Waals surface area (Å²) in [4.78, 5) is 4.29. The molecule has 0 bridgehead atoms. The van der Waals surface area contributed by atoms with Crippen molar-refractivity contribution < 1.29 is 51.0 Å². The summed E-state index contributed by atoms with van der Waals surface area (Å²) in [6.45, 7) is 0. The standard InChI is InChI=1S/C17H19N2.2ClH.Zr/c1-18(2)14-7-5-12-9-13-6-8-15(19(3)4)11-17(13)16(12)10-14;;;/h5-11H,1-4H3;2*1H;/q-1;;;+3/p-2. The van der Waals surface area contributed by atoms with Crippen LogP contribution in [0.4, 0.5) is 11.4 Å². The number of fused-ring (bicyclic) bond motifs is 3. The van der Waals surface area contributed by atoms with E-state index in [0.29, 0.717) is 0 Å². The van der Waals surface area contributed by atoms with Crippen molar-refractivity contribution in [2.24, 2.45) is 0 Å². The maximum atomic E-state index is 2.27. The zero-order valence-corrected chi connectivity index (χ0v) is 17.2. The second-order valence-corrected chi connectivity index (χ2v) is 5.48. The maximum Gasteiger partial charge on any atom is 3.00 e. The van der Waals surface area contributed by atoms with Crippen LogP contribution in [0.5, 0.6) is 0 Å². The first-order chi connectivity index (χ1) is 9.06. The van der Waals surface area contributed by atoms with Crippen molar-refractivity contribution in [3.8, 4) is 0 Å². The minimum Gasteiger partial charge on any atom is -1.00 e. The molecule has 0 unspecified atom stereocenters. The molecule has 0 spiro atoms. The zero-order valence-electron chi connectivity index (χ0n) is 13.2. The van der Waals surface area contributed by atoms with Crippen LogP contribution in [-0.2, 0) is 26.2 Å². The predicted molar refractivity (Wildman–Crippen MR) is 85.7 cm³/mol. The van der Waals surface area contributed by atoms with Crippen LogP contribution in [0.15, 0.2) is 42.5 Å². The molecule has 22 heavy (non-hydrogen) atoms. The number of rotatable bonds is 2. The molecule has 5 heteroatoms. The van der Waals surface area contributed by atoms with Gasteiger partial charge in [0.1, 0.15) is 0 Å². The van der Waals surface area contributed by atoms with Gasteiger partial charge in [-0.3, -0.25) is 0 Å². The topological polar surface area (TPSA) is 6.48 Å². The monoisotopic (exact) mass is 411 g/mol. The van der Waals surface area contributed by atoms with Crippen LogP contribution in [0.2, 0.25) is 0 Å². The molecule has 3 aromatic rings. The molecule has 0 N–H and O–H groups in total. The van der Waals surface area contributed by atoms with Crippen molar-refractivity contribution in [3.05, 3.63) is 42.5 Å². The van der Waals surface area contributed by atoms with E-state index in [2.05, 4.69) is 80.5 Å². The Morgan fingerprint density at radius 2 is 1.05 bits per heavy atom. The Morgan fingerprint density at radius 1 is 0.682 bits per heavy atom. The van der Waals surface area contributed by atoms with E-state index in [0.717, 1.165) is 0 Å². The third-order valence-electron chi connectivity index (χ3n) is 3.71. The normalized spacial score (nSPS) is 9.64. The number of anilines is 2. The molecule has 0 aliphatic heterocycles. The van der Waals surface area contributed by atoms with E-state index in [1.165, 1.54) is 32.9 Å². The molecule has 0 saturated heterocycles. The largest absolute Gasteiger partial charge is 3.00 e. The van der Waals surface area contributed by atoms with Crippen LogP contribution in [0, 0.1) is 0 Å². The van der Waals surface area contributed by atoms with Crippen LogP contribution in [-0.4, -0.2) is 28.2 Å². The van der Waals surface area contributed by atoms with E-state index in [9.17, 15) is 0 Å². The van der Waals surface area contributed by atoms with Crippen LogP contribution < -0.4 is 34.6 Å². The van der Waals surface area contributed by atoms with E-state index in [4.69, 9.17) is 0 Å². The molecular formula is C17H19Cl2N2Zr. The fourth-order valence-electron chi connectivity index (χ4n) is 2.53. The molecule has 0 atom stereocenters. The number of nitrogens with zero attached hydrogens (tertiary/aromatic N) is 2. The van der Waals surface area contributed by atoms with Crippen molar-refractivity contribution in [2.45, 2.75) is 0 Å².